The monoisotopic (exact) mass is 326 g/mol. The standard InChI is InChI=1S/C16H18N6S/c1-12-10-14(17-8-9-23-16-21-18-11-22(16)2)20-15(19-12)13-6-4-3-5-7-13/h3-7,10-11H,8-9H2,1-2H3,(H,17,19,20). The predicted octanol–water partition coefficient (Wildman–Crippen LogP) is 2.78. The number of nitrogens with one attached hydrogen (secondary N) is 1. The first-order chi connectivity index (χ1) is 11.2. The molecule has 3 rings (SSSR count). The van der Waals surface area contributed by atoms with E-state index in [0.717, 1.165) is 40.4 Å². The van der Waals surface area contributed by atoms with Crippen molar-refractivity contribution in [2.75, 3.05) is 17.6 Å². The summed E-state index contributed by atoms with van der Waals surface area (Å²) in [5.41, 5.74) is 1.97. The summed E-state index contributed by atoms with van der Waals surface area (Å²) in [4.78, 5) is 9.10. The maximum atomic E-state index is 4.59. The zero-order chi connectivity index (χ0) is 16.1. The minimum Gasteiger partial charge on any atom is -0.369 e. The maximum Gasteiger partial charge on any atom is 0.190 e. The molecule has 2 heterocycles. The molecule has 3 aromatic rings. The Morgan fingerprint density at radius 2 is 2.00 bits per heavy atom. The lowest BCUT2D eigenvalue weighted by Crippen LogP contribution is -2.08. The highest BCUT2D eigenvalue weighted by Crippen LogP contribution is 2.18. The molecule has 0 aliphatic rings. The van der Waals surface area contributed by atoms with Gasteiger partial charge in [0.1, 0.15) is 12.1 Å². The van der Waals surface area contributed by atoms with Crippen LogP contribution in [0.1, 0.15) is 5.69 Å². The van der Waals surface area contributed by atoms with Crippen LogP contribution in [0, 0.1) is 6.92 Å². The molecule has 1 aromatic carbocycles. The van der Waals surface area contributed by atoms with E-state index >= 15 is 0 Å². The van der Waals surface area contributed by atoms with Gasteiger partial charge in [-0.3, -0.25) is 0 Å². The number of hydrogen-bond donors (Lipinski definition) is 1. The number of rotatable bonds is 6. The van der Waals surface area contributed by atoms with Crippen LogP contribution in [0.15, 0.2) is 47.9 Å². The third-order valence-corrected chi connectivity index (χ3v) is 4.23. The first kappa shape index (κ1) is 15.5. The molecule has 0 amide bonds. The van der Waals surface area contributed by atoms with Crippen LogP contribution in [-0.2, 0) is 7.05 Å². The molecule has 0 spiro atoms. The van der Waals surface area contributed by atoms with Crippen LogP contribution in [-0.4, -0.2) is 37.0 Å². The summed E-state index contributed by atoms with van der Waals surface area (Å²) < 4.78 is 1.91. The molecule has 0 saturated carbocycles. The van der Waals surface area contributed by atoms with Crippen LogP contribution in [0.5, 0.6) is 0 Å². The van der Waals surface area contributed by atoms with E-state index in [1.54, 1.807) is 18.1 Å². The van der Waals surface area contributed by atoms with Crippen molar-refractivity contribution in [3.05, 3.63) is 48.4 Å². The van der Waals surface area contributed by atoms with Crippen molar-refractivity contribution in [2.24, 2.45) is 7.05 Å². The van der Waals surface area contributed by atoms with Gasteiger partial charge < -0.3 is 9.88 Å². The lowest BCUT2D eigenvalue weighted by molar-refractivity contribution is 0.788. The molecule has 2 aromatic heterocycles. The first-order valence-electron chi connectivity index (χ1n) is 7.34. The molecule has 7 heteroatoms. The molecule has 118 valence electrons. The minimum absolute atomic E-state index is 0.744. The van der Waals surface area contributed by atoms with Crippen molar-refractivity contribution < 1.29 is 0 Å². The molecule has 0 atom stereocenters. The SMILES string of the molecule is Cc1cc(NCCSc2nncn2C)nc(-c2ccccc2)n1. The van der Waals surface area contributed by atoms with Gasteiger partial charge in [0, 0.05) is 36.7 Å². The van der Waals surface area contributed by atoms with Gasteiger partial charge in [-0.05, 0) is 6.92 Å². The Hall–Kier alpha value is -2.41. The second-order valence-corrected chi connectivity index (χ2v) is 6.15. The molecule has 0 saturated heterocycles. The second-order valence-electron chi connectivity index (χ2n) is 5.08. The molecule has 0 aliphatic heterocycles. The average molecular weight is 326 g/mol. The molecule has 6 nitrogen and oxygen atoms in total. The van der Waals surface area contributed by atoms with E-state index in [2.05, 4.69) is 25.5 Å². The maximum absolute atomic E-state index is 4.59. The Morgan fingerprint density at radius 1 is 1.17 bits per heavy atom. The number of anilines is 1. The molecule has 23 heavy (non-hydrogen) atoms. The molecule has 0 radical (unpaired) electrons. The van der Waals surface area contributed by atoms with E-state index in [0.29, 0.717) is 0 Å². The van der Waals surface area contributed by atoms with Crippen LogP contribution in [0.4, 0.5) is 5.82 Å². The van der Waals surface area contributed by atoms with Gasteiger partial charge in [0.25, 0.3) is 0 Å². The van der Waals surface area contributed by atoms with Gasteiger partial charge in [0.15, 0.2) is 11.0 Å². The highest BCUT2D eigenvalue weighted by molar-refractivity contribution is 7.99. The van der Waals surface area contributed by atoms with Crippen molar-refractivity contribution in [1.29, 1.82) is 0 Å². The zero-order valence-corrected chi connectivity index (χ0v) is 13.9. The van der Waals surface area contributed by atoms with Crippen molar-refractivity contribution in [3.63, 3.8) is 0 Å². The minimum atomic E-state index is 0.744. The summed E-state index contributed by atoms with van der Waals surface area (Å²) >= 11 is 1.66. The molecular formula is C16H18N6S. The Morgan fingerprint density at radius 3 is 2.74 bits per heavy atom. The van der Waals surface area contributed by atoms with Crippen LogP contribution in [0.3, 0.4) is 0 Å². The van der Waals surface area contributed by atoms with Gasteiger partial charge in [0.05, 0.1) is 0 Å². The quantitative estimate of drug-likeness (QED) is 0.555. The summed E-state index contributed by atoms with van der Waals surface area (Å²) in [5, 5.41) is 12.2. The predicted molar refractivity (Wildman–Crippen MR) is 92.4 cm³/mol. The van der Waals surface area contributed by atoms with Crippen LogP contribution in [0.25, 0.3) is 11.4 Å². The Bertz CT molecular complexity index is 771. The van der Waals surface area contributed by atoms with Gasteiger partial charge in [-0.15, -0.1) is 10.2 Å². The van der Waals surface area contributed by atoms with E-state index < -0.39 is 0 Å². The highest BCUT2D eigenvalue weighted by Gasteiger charge is 2.05. The third kappa shape index (κ3) is 4.07. The van der Waals surface area contributed by atoms with Crippen molar-refractivity contribution in [2.45, 2.75) is 12.1 Å². The fraction of sp³-hybridized carbons (Fsp3) is 0.250. The van der Waals surface area contributed by atoms with Crippen molar-refractivity contribution >= 4 is 17.6 Å². The number of benzene rings is 1. The van der Waals surface area contributed by atoms with Gasteiger partial charge >= 0.3 is 0 Å². The van der Waals surface area contributed by atoms with E-state index in [-0.39, 0.29) is 0 Å². The van der Waals surface area contributed by atoms with Gasteiger partial charge in [-0.2, -0.15) is 0 Å². The van der Waals surface area contributed by atoms with E-state index in [1.807, 2.05) is 54.9 Å². The first-order valence-corrected chi connectivity index (χ1v) is 8.33. The Balaban J connectivity index is 1.62. The summed E-state index contributed by atoms with van der Waals surface area (Å²) in [5.74, 6) is 2.47. The van der Waals surface area contributed by atoms with Gasteiger partial charge in [-0.25, -0.2) is 9.97 Å². The number of thioether (sulfide) groups is 1. The average Bonchev–Trinajstić information content (AvgIpc) is 2.97. The second kappa shape index (κ2) is 7.23. The molecule has 0 bridgehead atoms. The molecule has 0 fully saturated rings. The topological polar surface area (TPSA) is 68.5 Å². The van der Waals surface area contributed by atoms with Crippen LogP contribution >= 0.6 is 11.8 Å². The van der Waals surface area contributed by atoms with Gasteiger partial charge in [-0.1, -0.05) is 42.1 Å². The smallest absolute Gasteiger partial charge is 0.190 e. The summed E-state index contributed by atoms with van der Waals surface area (Å²) in [6.45, 7) is 2.77. The van der Waals surface area contributed by atoms with Crippen molar-refractivity contribution in [3.8, 4) is 11.4 Å². The number of aryl methyl sites for hydroxylation is 2. The normalized spacial score (nSPS) is 10.7. The molecular weight excluding hydrogens is 308 g/mol. The third-order valence-electron chi connectivity index (χ3n) is 3.20. The summed E-state index contributed by atoms with van der Waals surface area (Å²) in [7, 11) is 1.94. The Labute approximate surface area is 139 Å². The Kier molecular flexibility index (Phi) is 4.87. The molecule has 0 unspecified atom stereocenters. The largest absolute Gasteiger partial charge is 0.369 e. The number of hydrogen-bond acceptors (Lipinski definition) is 6. The van der Waals surface area contributed by atoms with Crippen molar-refractivity contribution in [1.82, 2.24) is 24.7 Å². The fourth-order valence-corrected chi connectivity index (χ4v) is 2.84. The molecule has 1 N–H and O–H groups in total. The van der Waals surface area contributed by atoms with E-state index in [4.69, 9.17) is 0 Å². The number of nitrogens with zero attached hydrogens (tertiary/aromatic N) is 5. The van der Waals surface area contributed by atoms with E-state index in [9.17, 15) is 0 Å². The van der Waals surface area contributed by atoms with Gasteiger partial charge in [0.2, 0.25) is 0 Å². The lowest BCUT2D eigenvalue weighted by atomic mass is 10.2. The molecule has 0 aliphatic carbocycles. The zero-order valence-electron chi connectivity index (χ0n) is 13.1. The van der Waals surface area contributed by atoms with E-state index in [1.165, 1.54) is 0 Å². The summed E-state index contributed by atoms with van der Waals surface area (Å²) in [6.07, 6.45) is 1.70. The fourth-order valence-electron chi connectivity index (χ4n) is 2.10. The van der Waals surface area contributed by atoms with Crippen LogP contribution < -0.4 is 5.32 Å². The van der Waals surface area contributed by atoms with Crippen LogP contribution in [0.2, 0.25) is 0 Å². The summed E-state index contributed by atoms with van der Waals surface area (Å²) in [6, 6.07) is 12.0. The number of aromatic nitrogens is 5. The highest BCUT2D eigenvalue weighted by atomic mass is 32.2. The lowest BCUT2D eigenvalue weighted by Gasteiger charge is -2.08.